The molecule has 1 aliphatic rings. The zero-order valence-corrected chi connectivity index (χ0v) is 11.8. The third-order valence-electron chi connectivity index (χ3n) is 3.49. The number of nitrogens with one attached hydrogen (secondary N) is 3. The highest BCUT2D eigenvalue weighted by Crippen LogP contribution is 2.20. The van der Waals surface area contributed by atoms with E-state index in [1.165, 1.54) is 0 Å². The third kappa shape index (κ3) is 3.06. The molecule has 0 saturated carbocycles. The minimum atomic E-state index is -0.567. The molecule has 1 aromatic heterocycles. The van der Waals surface area contributed by atoms with Gasteiger partial charge in [0.25, 0.3) is 0 Å². The summed E-state index contributed by atoms with van der Waals surface area (Å²) in [6.07, 6.45) is 1.69. The fourth-order valence-corrected chi connectivity index (χ4v) is 2.38. The van der Waals surface area contributed by atoms with Crippen molar-refractivity contribution in [1.29, 1.82) is 0 Å². The summed E-state index contributed by atoms with van der Waals surface area (Å²) in [5, 5.41) is 8.11. The van der Waals surface area contributed by atoms with Crippen LogP contribution < -0.4 is 16.0 Å². The largest absolute Gasteiger partial charge is 0.342 e. The summed E-state index contributed by atoms with van der Waals surface area (Å²) in [6, 6.07) is 13.9. The minimum Gasteiger partial charge on any atom is -0.342 e. The Hall–Kier alpha value is -2.89. The summed E-state index contributed by atoms with van der Waals surface area (Å²) in [4.78, 5) is 27.9. The number of carbonyl (C=O) groups excluding carboxylic acids is 2. The Kier molecular flexibility index (Phi) is 4.00. The van der Waals surface area contributed by atoms with Crippen molar-refractivity contribution in [3.63, 3.8) is 0 Å². The van der Waals surface area contributed by atoms with Crippen LogP contribution in [0.4, 0.5) is 4.79 Å². The molecule has 1 saturated heterocycles. The van der Waals surface area contributed by atoms with Gasteiger partial charge in [-0.25, -0.2) is 4.79 Å². The van der Waals surface area contributed by atoms with E-state index in [4.69, 9.17) is 0 Å². The first-order chi connectivity index (χ1) is 10.7. The average molecular weight is 296 g/mol. The van der Waals surface area contributed by atoms with Crippen molar-refractivity contribution in [1.82, 2.24) is 20.9 Å². The molecule has 6 heteroatoms. The third-order valence-corrected chi connectivity index (χ3v) is 3.49. The zero-order valence-electron chi connectivity index (χ0n) is 11.8. The van der Waals surface area contributed by atoms with E-state index in [0.717, 1.165) is 11.3 Å². The fourth-order valence-electron chi connectivity index (χ4n) is 2.38. The van der Waals surface area contributed by atoms with Gasteiger partial charge in [0.2, 0.25) is 5.91 Å². The van der Waals surface area contributed by atoms with Gasteiger partial charge in [-0.05, 0) is 17.7 Å². The van der Waals surface area contributed by atoms with E-state index < -0.39 is 6.04 Å². The number of hydrogen-bond donors (Lipinski definition) is 3. The van der Waals surface area contributed by atoms with Crippen LogP contribution in [0.25, 0.3) is 0 Å². The van der Waals surface area contributed by atoms with Crippen molar-refractivity contribution in [2.75, 3.05) is 6.54 Å². The summed E-state index contributed by atoms with van der Waals surface area (Å²) in [5.74, 6) is -0.238. The SMILES string of the molecule is O=C1NCC(C(=O)NC(c2ccccc2)c2ccccn2)N1. The first-order valence-electron chi connectivity index (χ1n) is 7.04. The number of carbonyl (C=O) groups is 2. The van der Waals surface area contributed by atoms with Gasteiger partial charge in [0.05, 0.1) is 11.7 Å². The predicted molar refractivity (Wildman–Crippen MR) is 81.0 cm³/mol. The van der Waals surface area contributed by atoms with Crippen LogP contribution in [0.3, 0.4) is 0 Å². The lowest BCUT2D eigenvalue weighted by atomic mass is 10.0. The number of aromatic nitrogens is 1. The Labute approximate surface area is 127 Å². The Morgan fingerprint density at radius 2 is 1.95 bits per heavy atom. The van der Waals surface area contributed by atoms with Crippen molar-refractivity contribution < 1.29 is 9.59 Å². The van der Waals surface area contributed by atoms with E-state index in [2.05, 4.69) is 20.9 Å². The molecule has 0 aliphatic carbocycles. The van der Waals surface area contributed by atoms with E-state index in [-0.39, 0.29) is 24.5 Å². The standard InChI is InChI=1S/C16H16N4O2/c21-15(13-10-18-16(22)19-13)20-14(11-6-2-1-3-7-11)12-8-4-5-9-17-12/h1-9,13-14H,10H2,(H,20,21)(H2,18,19,22). The van der Waals surface area contributed by atoms with Crippen molar-refractivity contribution in [2.24, 2.45) is 0 Å². The van der Waals surface area contributed by atoms with Crippen LogP contribution >= 0.6 is 0 Å². The maximum absolute atomic E-state index is 12.4. The van der Waals surface area contributed by atoms with Crippen molar-refractivity contribution in [3.8, 4) is 0 Å². The summed E-state index contributed by atoms with van der Waals surface area (Å²) in [6.45, 7) is 0.286. The summed E-state index contributed by atoms with van der Waals surface area (Å²) < 4.78 is 0. The summed E-state index contributed by atoms with van der Waals surface area (Å²) in [5.41, 5.74) is 1.69. The highest BCUT2D eigenvalue weighted by Gasteiger charge is 2.29. The van der Waals surface area contributed by atoms with Crippen LogP contribution in [0.1, 0.15) is 17.3 Å². The Balaban J connectivity index is 1.83. The minimum absolute atomic E-state index is 0.238. The molecule has 2 atom stereocenters. The quantitative estimate of drug-likeness (QED) is 0.786. The normalized spacial score (nSPS) is 18.2. The maximum atomic E-state index is 12.4. The lowest BCUT2D eigenvalue weighted by molar-refractivity contribution is -0.122. The monoisotopic (exact) mass is 296 g/mol. The van der Waals surface area contributed by atoms with Crippen molar-refractivity contribution in [3.05, 3.63) is 66.0 Å². The van der Waals surface area contributed by atoms with Crippen molar-refractivity contribution in [2.45, 2.75) is 12.1 Å². The molecular formula is C16H16N4O2. The lowest BCUT2D eigenvalue weighted by Crippen LogP contribution is -2.44. The molecule has 1 aromatic carbocycles. The second-order valence-electron chi connectivity index (χ2n) is 5.01. The van der Waals surface area contributed by atoms with Gasteiger partial charge in [-0.1, -0.05) is 36.4 Å². The molecule has 0 radical (unpaired) electrons. The van der Waals surface area contributed by atoms with E-state index in [9.17, 15) is 9.59 Å². The summed E-state index contributed by atoms with van der Waals surface area (Å²) >= 11 is 0. The van der Waals surface area contributed by atoms with E-state index >= 15 is 0 Å². The van der Waals surface area contributed by atoms with E-state index in [0.29, 0.717) is 0 Å². The molecule has 3 amide bonds. The fraction of sp³-hybridized carbons (Fsp3) is 0.188. The van der Waals surface area contributed by atoms with Gasteiger partial charge < -0.3 is 16.0 Å². The lowest BCUT2D eigenvalue weighted by Gasteiger charge is -2.20. The molecule has 0 bridgehead atoms. The topological polar surface area (TPSA) is 83.1 Å². The number of pyridine rings is 1. The van der Waals surface area contributed by atoms with Gasteiger partial charge >= 0.3 is 6.03 Å². The van der Waals surface area contributed by atoms with Gasteiger partial charge in [0.15, 0.2) is 0 Å². The second kappa shape index (κ2) is 6.26. The second-order valence-corrected chi connectivity index (χ2v) is 5.01. The number of hydrogen-bond acceptors (Lipinski definition) is 3. The maximum Gasteiger partial charge on any atom is 0.315 e. The van der Waals surface area contributed by atoms with Crippen LogP contribution in [-0.2, 0) is 4.79 Å². The van der Waals surface area contributed by atoms with Gasteiger partial charge in [0.1, 0.15) is 6.04 Å². The van der Waals surface area contributed by atoms with Crippen LogP contribution in [0.15, 0.2) is 54.7 Å². The molecular weight excluding hydrogens is 280 g/mol. The van der Waals surface area contributed by atoms with Crippen molar-refractivity contribution >= 4 is 11.9 Å². The highest BCUT2D eigenvalue weighted by atomic mass is 16.2. The van der Waals surface area contributed by atoms with Crippen LogP contribution in [0.2, 0.25) is 0 Å². The molecule has 2 aromatic rings. The number of amides is 3. The number of nitrogens with zero attached hydrogens (tertiary/aromatic N) is 1. The Morgan fingerprint density at radius 3 is 2.59 bits per heavy atom. The average Bonchev–Trinajstić information content (AvgIpc) is 3.01. The predicted octanol–water partition coefficient (Wildman–Crippen LogP) is 0.969. The zero-order chi connectivity index (χ0) is 15.4. The molecule has 3 rings (SSSR count). The Morgan fingerprint density at radius 1 is 1.18 bits per heavy atom. The van der Waals surface area contributed by atoms with Gasteiger partial charge in [-0.2, -0.15) is 0 Å². The van der Waals surface area contributed by atoms with E-state index in [1.54, 1.807) is 6.20 Å². The molecule has 2 unspecified atom stereocenters. The Bertz CT molecular complexity index is 621. The molecule has 1 fully saturated rings. The molecule has 6 nitrogen and oxygen atoms in total. The van der Waals surface area contributed by atoms with Crippen LogP contribution in [0, 0.1) is 0 Å². The number of urea groups is 1. The molecule has 22 heavy (non-hydrogen) atoms. The smallest absolute Gasteiger partial charge is 0.315 e. The molecule has 3 N–H and O–H groups in total. The molecule has 1 aliphatic heterocycles. The first kappa shape index (κ1) is 14.1. The van der Waals surface area contributed by atoms with E-state index in [1.807, 2.05) is 48.5 Å². The first-order valence-corrected chi connectivity index (χ1v) is 7.04. The number of benzene rings is 1. The highest BCUT2D eigenvalue weighted by molar-refractivity contribution is 5.90. The molecule has 2 heterocycles. The summed E-state index contributed by atoms with van der Waals surface area (Å²) in [7, 11) is 0. The van der Waals surface area contributed by atoms with Gasteiger partial charge in [0, 0.05) is 12.7 Å². The molecule has 112 valence electrons. The van der Waals surface area contributed by atoms with Gasteiger partial charge in [-0.3, -0.25) is 9.78 Å². The number of rotatable bonds is 4. The van der Waals surface area contributed by atoms with Gasteiger partial charge in [-0.15, -0.1) is 0 Å². The molecule has 0 spiro atoms. The van der Waals surface area contributed by atoms with Crippen LogP contribution in [-0.4, -0.2) is 29.5 Å². The van der Waals surface area contributed by atoms with Crippen LogP contribution in [0.5, 0.6) is 0 Å².